The second-order valence-electron chi connectivity index (χ2n) is 8.49. The number of hydrogen-bond donors (Lipinski definition) is 2. The number of nitrogens with zero attached hydrogens (tertiary/aromatic N) is 1. The molecule has 1 aliphatic heterocycles. The van der Waals surface area contributed by atoms with E-state index in [1.165, 1.54) is 0 Å². The smallest absolute Gasteiger partial charge is 0.304 e. The van der Waals surface area contributed by atoms with Gasteiger partial charge in [0.2, 0.25) is 5.91 Å². The minimum atomic E-state index is -4.15. The first-order valence-electron chi connectivity index (χ1n) is 9.72. The Kier molecular flexibility index (Phi) is 5.17. The van der Waals surface area contributed by atoms with E-state index in [1.807, 2.05) is 4.72 Å². The van der Waals surface area contributed by atoms with Crippen molar-refractivity contribution in [3.8, 4) is 0 Å². The van der Waals surface area contributed by atoms with E-state index >= 15 is 4.39 Å². The first kappa shape index (κ1) is 20.4. The van der Waals surface area contributed by atoms with Gasteiger partial charge in [-0.3, -0.25) is 4.79 Å². The average molecular weight is 426 g/mol. The van der Waals surface area contributed by atoms with Crippen LogP contribution in [0.3, 0.4) is 0 Å². The molecule has 1 heterocycles. The summed E-state index contributed by atoms with van der Waals surface area (Å²) in [4.78, 5) is 11.5. The molecule has 1 saturated heterocycles. The van der Waals surface area contributed by atoms with Gasteiger partial charge in [0, 0.05) is 18.9 Å². The zero-order valence-corrected chi connectivity index (χ0v) is 16.1. The molecule has 4 rings (SSSR count). The fourth-order valence-corrected chi connectivity index (χ4v) is 6.35. The van der Waals surface area contributed by atoms with Crippen molar-refractivity contribution in [3.63, 3.8) is 0 Å². The van der Waals surface area contributed by atoms with Crippen LogP contribution in [0.25, 0.3) is 0 Å². The molecule has 0 aromatic carbocycles. The van der Waals surface area contributed by atoms with Crippen LogP contribution >= 0.6 is 0 Å². The third kappa shape index (κ3) is 3.78. The summed E-state index contributed by atoms with van der Waals surface area (Å²) in [6.07, 6.45) is -1.01. The standard InChI is InChI=1S/C17H25F3N2O5S/c18-15-12-6-11(27-4-3-10-7-17(10,19)20)2-1-9(12)5-13(23)16(15)22-8-14(24)21-28(22,25)26/h9-13,15-16,23H,1-8H2,(H,21,24). The molecule has 2 N–H and O–H groups in total. The number of fused-ring (bicyclic) bond motifs is 1. The molecular weight excluding hydrogens is 401 g/mol. The van der Waals surface area contributed by atoms with E-state index < -0.39 is 58.7 Å². The van der Waals surface area contributed by atoms with E-state index in [0.717, 1.165) is 4.31 Å². The van der Waals surface area contributed by atoms with Crippen molar-refractivity contribution in [1.29, 1.82) is 0 Å². The Hall–Kier alpha value is -0.910. The van der Waals surface area contributed by atoms with E-state index in [4.69, 9.17) is 4.74 Å². The summed E-state index contributed by atoms with van der Waals surface area (Å²) in [6, 6.07) is -1.31. The van der Waals surface area contributed by atoms with E-state index in [-0.39, 0.29) is 37.9 Å². The molecule has 28 heavy (non-hydrogen) atoms. The number of ether oxygens (including phenoxy) is 1. The Labute approximate surface area is 161 Å². The highest BCUT2D eigenvalue weighted by Gasteiger charge is 2.56. The highest BCUT2D eigenvalue weighted by Crippen LogP contribution is 2.51. The SMILES string of the molecule is O=C1CN(C2C(O)CC3CCC(OCCC4CC4(F)F)CC3C2F)S(=O)(=O)N1. The van der Waals surface area contributed by atoms with Crippen LogP contribution in [0.15, 0.2) is 0 Å². The maximum absolute atomic E-state index is 15.3. The summed E-state index contributed by atoms with van der Waals surface area (Å²) < 4.78 is 73.6. The van der Waals surface area contributed by atoms with Gasteiger partial charge in [0.1, 0.15) is 6.17 Å². The average Bonchev–Trinajstić information content (AvgIpc) is 3.10. The van der Waals surface area contributed by atoms with Crippen molar-refractivity contribution < 1.29 is 36.2 Å². The lowest BCUT2D eigenvalue weighted by Crippen LogP contribution is -2.59. The van der Waals surface area contributed by atoms with E-state index in [9.17, 15) is 27.1 Å². The minimum absolute atomic E-state index is 0.0946. The molecule has 0 aromatic rings. The van der Waals surface area contributed by atoms with Gasteiger partial charge in [-0.25, -0.2) is 17.9 Å². The van der Waals surface area contributed by atoms with Crippen LogP contribution in [0.4, 0.5) is 13.2 Å². The highest BCUT2D eigenvalue weighted by atomic mass is 32.2. The van der Waals surface area contributed by atoms with Gasteiger partial charge in [0.05, 0.1) is 24.8 Å². The van der Waals surface area contributed by atoms with Crippen molar-refractivity contribution in [3.05, 3.63) is 0 Å². The molecule has 160 valence electrons. The topological polar surface area (TPSA) is 95.9 Å². The minimum Gasteiger partial charge on any atom is -0.391 e. The zero-order valence-electron chi connectivity index (χ0n) is 15.3. The van der Waals surface area contributed by atoms with Crippen LogP contribution in [0.5, 0.6) is 0 Å². The second kappa shape index (κ2) is 7.10. The Bertz CT molecular complexity index is 736. The molecule has 7 nitrogen and oxygen atoms in total. The van der Waals surface area contributed by atoms with Crippen LogP contribution in [-0.4, -0.2) is 67.2 Å². The summed E-state index contributed by atoms with van der Waals surface area (Å²) in [5, 5.41) is 10.4. The quantitative estimate of drug-likeness (QED) is 0.683. The molecule has 7 unspecified atom stereocenters. The fourth-order valence-electron chi connectivity index (χ4n) is 5.01. The maximum Gasteiger partial charge on any atom is 0.304 e. The molecule has 0 spiro atoms. The molecule has 3 saturated carbocycles. The highest BCUT2D eigenvalue weighted by molar-refractivity contribution is 7.88. The monoisotopic (exact) mass is 426 g/mol. The van der Waals surface area contributed by atoms with Crippen molar-refractivity contribution in [1.82, 2.24) is 9.03 Å². The van der Waals surface area contributed by atoms with E-state index in [0.29, 0.717) is 19.3 Å². The van der Waals surface area contributed by atoms with Gasteiger partial charge >= 0.3 is 10.2 Å². The van der Waals surface area contributed by atoms with Crippen molar-refractivity contribution in [2.75, 3.05) is 13.2 Å². The van der Waals surface area contributed by atoms with E-state index in [2.05, 4.69) is 0 Å². The number of carbonyl (C=O) groups excluding carboxylic acids is 1. The van der Waals surface area contributed by atoms with Crippen LogP contribution in [0, 0.1) is 17.8 Å². The zero-order chi connectivity index (χ0) is 20.3. The lowest BCUT2D eigenvalue weighted by Gasteiger charge is -2.47. The number of aliphatic hydroxyl groups excluding tert-OH is 1. The van der Waals surface area contributed by atoms with Gasteiger partial charge in [-0.05, 0) is 43.9 Å². The molecule has 11 heteroatoms. The number of halogens is 3. The Morgan fingerprint density at radius 3 is 2.61 bits per heavy atom. The number of rotatable bonds is 5. The van der Waals surface area contributed by atoms with Gasteiger partial charge in [-0.15, -0.1) is 0 Å². The molecule has 1 amide bonds. The summed E-state index contributed by atoms with van der Waals surface area (Å²) in [6.45, 7) is -0.304. The number of hydrogen-bond acceptors (Lipinski definition) is 5. The molecule has 0 bridgehead atoms. The van der Waals surface area contributed by atoms with Crippen molar-refractivity contribution in [2.45, 2.75) is 68.9 Å². The largest absolute Gasteiger partial charge is 0.391 e. The van der Waals surface area contributed by atoms with Gasteiger partial charge in [-0.2, -0.15) is 12.7 Å². The van der Waals surface area contributed by atoms with Crippen molar-refractivity contribution >= 4 is 16.1 Å². The fraction of sp³-hybridized carbons (Fsp3) is 0.941. The van der Waals surface area contributed by atoms with Crippen LogP contribution in [0.1, 0.15) is 38.5 Å². The Balaban J connectivity index is 1.38. The van der Waals surface area contributed by atoms with Gasteiger partial charge in [0.25, 0.3) is 5.92 Å². The van der Waals surface area contributed by atoms with Crippen LogP contribution in [-0.2, 0) is 19.7 Å². The lowest BCUT2D eigenvalue weighted by molar-refractivity contribution is -0.120. The van der Waals surface area contributed by atoms with Gasteiger partial charge < -0.3 is 9.84 Å². The first-order valence-corrected chi connectivity index (χ1v) is 11.2. The predicted molar refractivity (Wildman–Crippen MR) is 91.3 cm³/mol. The summed E-state index contributed by atoms with van der Waals surface area (Å²) >= 11 is 0. The molecule has 0 radical (unpaired) electrons. The Morgan fingerprint density at radius 2 is 2.00 bits per heavy atom. The molecule has 0 aromatic heterocycles. The summed E-state index contributed by atoms with van der Waals surface area (Å²) in [5.41, 5.74) is 0. The predicted octanol–water partition coefficient (Wildman–Crippen LogP) is 0.981. The molecule has 4 aliphatic rings. The van der Waals surface area contributed by atoms with Crippen molar-refractivity contribution in [2.24, 2.45) is 17.8 Å². The third-order valence-electron chi connectivity index (χ3n) is 6.63. The van der Waals surface area contributed by atoms with Gasteiger partial charge in [0.15, 0.2) is 0 Å². The molecule has 7 atom stereocenters. The first-order chi connectivity index (χ1) is 13.1. The molecular formula is C17H25F3N2O5S. The number of alkyl halides is 3. The maximum atomic E-state index is 15.3. The molecule has 4 fully saturated rings. The third-order valence-corrected chi connectivity index (χ3v) is 8.11. The number of amides is 1. The van der Waals surface area contributed by atoms with Crippen LogP contribution < -0.4 is 4.72 Å². The van der Waals surface area contributed by atoms with E-state index in [1.54, 1.807) is 0 Å². The summed E-state index contributed by atoms with van der Waals surface area (Å²) in [7, 11) is -4.15. The Morgan fingerprint density at radius 1 is 1.29 bits per heavy atom. The second-order valence-corrected chi connectivity index (χ2v) is 10.1. The van der Waals surface area contributed by atoms with Gasteiger partial charge in [-0.1, -0.05) is 0 Å². The van der Waals surface area contributed by atoms with Crippen LogP contribution in [0.2, 0.25) is 0 Å². The lowest BCUT2D eigenvalue weighted by atomic mass is 9.66. The number of aliphatic hydroxyl groups is 1. The summed E-state index contributed by atoms with van der Waals surface area (Å²) in [5.74, 6) is -4.55. The number of carbonyl (C=O) groups is 1. The normalized spacial score (nSPS) is 44.7. The molecule has 3 aliphatic carbocycles. The number of nitrogens with one attached hydrogen (secondary N) is 1.